The minimum atomic E-state index is -0.508. The molecule has 0 aliphatic carbocycles. The zero-order valence-electron chi connectivity index (χ0n) is 12.3. The molecule has 2 N–H and O–H groups in total. The van der Waals surface area contributed by atoms with Gasteiger partial charge in [0.1, 0.15) is 18.2 Å². The van der Waals surface area contributed by atoms with E-state index in [1.165, 1.54) is 60.5 Å². The molecular formula is C16H15F2N3O2. The van der Waals surface area contributed by atoms with Crippen molar-refractivity contribution in [1.29, 1.82) is 0 Å². The Labute approximate surface area is 131 Å². The molecule has 0 atom stereocenters. The summed E-state index contributed by atoms with van der Waals surface area (Å²) in [5, 5.41) is 5.09. The van der Waals surface area contributed by atoms with Gasteiger partial charge in [-0.3, -0.25) is 4.79 Å². The Hall–Kier alpha value is -2.96. The topological polar surface area (TPSA) is 61.4 Å². The van der Waals surface area contributed by atoms with E-state index in [-0.39, 0.29) is 6.54 Å². The lowest BCUT2D eigenvalue weighted by Gasteiger charge is -2.17. The molecule has 5 nitrogen and oxygen atoms in total. The van der Waals surface area contributed by atoms with E-state index >= 15 is 0 Å². The summed E-state index contributed by atoms with van der Waals surface area (Å²) < 4.78 is 25.6. The third kappa shape index (κ3) is 5.06. The van der Waals surface area contributed by atoms with Crippen LogP contribution in [0.5, 0.6) is 0 Å². The minimum absolute atomic E-state index is 0.190. The standard InChI is InChI=1S/C16H15F2N3O2/c1-21(16(23)20-14-8-4-12(18)5-9-14)10-15(22)19-13-6-2-11(17)3-7-13/h2-9H,10H2,1H3,(H,19,22)(H,20,23). The fraction of sp³-hybridized carbons (Fsp3) is 0.125. The Balaban J connectivity index is 1.86. The summed E-state index contributed by atoms with van der Waals surface area (Å²) in [6.07, 6.45) is 0. The monoisotopic (exact) mass is 319 g/mol. The largest absolute Gasteiger partial charge is 0.325 e. The lowest BCUT2D eigenvalue weighted by Crippen LogP contribution is -2.37. The SMILES string of the molecule is CN(CC(=O)Nc1ccc(F)cc1)C(=O)Nc1ccc(F)cc1. The van der Waals surface area contributed by atoms with Gasteiger partial charge in [0.15, 0.2) is 0 Å². The summed E-state index contributed by atoms with van der Waals surface area (Å²) in [5.41, 5.74) is 0.853. The summed E-state index contributed by atoms with van der Waals surface area (Å²) >= 11 is 0. The van der Waals surface area contributed by atoms with Crippen LogP contribution in [0.25, 0.3) is 0 Å². The molecule has 0 spiro atoms. The Kier molecular flexibility index (Phi) is 5.24. The molecule has 0 aromatic heterocycles. The van der Waals surface area contributed by atoms with Gasteiger partial charge in [-0.25, -0.2) is 13.6 Å². The van der Waals surface area contributed by atoms with Crippen LogP contribution in [0, 0.1) is 11.6 Å². The van der Waals surface area contributed by atoms with Crippen LogP contribution in [0.1, 0.15) is 0 Å². The minimum Gasteiger partial charge on any atom is -0.325 e. The summed E-state index contributed by atoms with van der Waals surface area (Å²) in [7, 11) is 1.45. The van der Waals surface area contributed by atoms with Crippen LogP contribution >= 0.6 is 0 Å². The van der Waals surface area contributed by atoms with E-state index in [2.05, 4.69) is 10.6 Å². The average molecular weight is 319 g/mol. The molecule has 2 aromatic carbocycles. The molecule has 0 radical (unpaired) electrons. The first kappa shape index (κ1) is 16.4. The number of hydrogen-bond donors (Lipinski definition) is 2. The molecule has 0 aliphatic heterocycles. The van der Waals surface area contributed by atoms with Crippen molar-refractivity contribution in [1.82, 2.24) is 4.90 Å². The zero-order valence-corrected chi connectivity index (χ0v) is 12.3. The van der Waals surface area contributed by atoms with Crippen LogP contribution < -0.4 is 10.6 Å². The Morgan fingerprint density at radius 2 is 1.30 bits per heavy atom. The van der Waals surface area contributed by atoms with E-state index in [0.717, 1.165) is 0 Å². The number of benzene rings is 2. The maximum absolute atomic E-state index is 12.8. The van der Waals surface area contributed by atoms with Crippen LogP contribution in [0.3, 0.4) is 0 Å². The fourth-order valence-corrected chi connectivity index (χ4v) is 1.77. The molecule has 2 rings (SSSR count). The lowest BCUT2D eigenvalue weighted by atomic mass is 10.3. The highest BCUT2D eigenvalue weighted by atomic mass is 19.1. The maximum atomic E-state index is 12.8. The van der Waals surface area contributed by atoms with Crippen LogP contribution in [-0.2, 0) is 4.79 Å². The highest BCUT2D eigenvalue weighted by molar-refractivity contribution is 5.96. The number of rotatable bonds is 4. The summed E-state index contributed by atoms with van der Waals surface area (Å²) in [5.74, 6) is -1.23. The number of hydrogen-bond acceptors (Lipinski definition) is 2. The smallest absolute Gasteiger partial charge is 0.322 e. The van der Waals surface area contributed by atoms with Gasteiger partial charge in [-0.05, 0) is 48.5 Å². The number of urea groups is 1. The molecule has 0 unspecified atom stereocenters. The van der Waals surface area contributed by atoms with Gasteiger partial charge in [0.2, 0.25) is 5.91 Å². The number of carbonyl (C=O) groups is 2. The van der Waals surface area contributed by atoms with Gasteiger partial charge in [0, 0.05) is 18.4 Å². The fourth-order valence-electron chi connectivity index (χ4n) is 1.77. The number of likely N-dealkylation sites (N-methyl/N-ethyl adjacent to an activating group) is 1. The van der Waals surface area contributed by atoms with E-state index in [9.17, 15) is 18.4 Å². The second-order valence-electron chi connectivity index (χ2n) is 4.85. The number of halogens is 2. The quantitative estimate of drug-likeness (QED) is 0.910. The lowest BCUT2D eigenvalue weighted by molar-refractivity contribution is -0.116. The van der Waals surface area contributed by atoms with Crippen LogP contribution in [0.15, 0.2) is 48.5 Å². The van der Waals surface area contributed by atoms with Crippen molar-refractivity contribution < 1.29 is 18.4 Å². The molecule has 0 bridgehead atoms. The van der Waals surface area contributed by atoms with Gasteiger partial charge < -0.3 is 15.5 Å². The highest BCUT2D eigenvalue weighted by Gasteiger charge is 2.13. The summed E-state index contributed by atoms with van der Waals surface area (Å²) in [4.78, 5) is 24.9. The number of carbonyl (C=O) groups excluding carboxylic acids is 2. The number of nitrogens with one attached hydrogen (secondary N) is 2. The molecule has 23 heavy (non-hydrogen) atoms. The Bertz CT molecular complexity index is 687. The first-order chi connectivity index (χ1) is 10.9. The van der Waals surface area contributed by atoms with E-state index < -0.39 is 23.6 Å². The van der Waals surface area contributed by atoms with Crippen molar-refractivity contribution in [2.24, 2.45) is 0 Å². The third-order valence-corrected chi connectivity index (χ3v) is 2.95. The second kappa shape index (κ2) is 7.35. The van der Waals surface area contributed by atoms with Crippen LogP contribution in [0.2, 0.25) is 0 Å². The van der Waals surface area contributed by atoms with E-state index in [4.69, 9.17) is 0 Å². The molecular weight excluding hydrogens is 304 g/mol. The maximum Gasteiger partial charge on any atom is 0.322 e. The van der Waals surface area contributed by atoms with Crippen LogP contribution in [-0.4, -0.2) is 30.4 Å². The predicted octanol–water partition coefficient (Wildman–Crippen LogP) is 3.07. The number of nitrogens with zero attached hydrogens (tertiary/aromatic N) is 1. The van der Waals surface area contributed by atoms with E-state index in [1.807, 2.05) is 0 Å². The molecule has 0 saturated heterocycles. The van der Waals surface area contributed by atoms with Crippen molar-refractivity contribution >= 4 is 23.3 Å². The normalized spacial score (nSPS) is 10.0. The number of amides is 3. The first-order valence-corrected chi connectivity index (χ1v) is 6.77. The molecule has 0 heterocycles. The van der Waals surface area contributed by atoms with E-state index in [1.54, 1.807) is 0 Å². The van der Waals surface area contributed by atoms with Crippen molar-refractivity contribution in [3.8, 4) is 0 Å². The third-order valence-electron chi connectivity index (χ3n) is 2.95. The van der Waals surface area contributed by atoms with Gasteiger partial charge in [-0.1, -0.05) is 0 Å². The van der Waals surface area contributed by atoms with Crippen molar-refractivity contribution in [3.05, 3.63) is 60.2 Å². The zero-order chi connectivity index (χ0) is 16.8. The molecule has 0 saturated carbocycles. The van der Waals surface area contributed by atoms with E-state index in [0.29, 0.717) is 11.4 Å². The van der Waals surface area contributed by atoms with Crippen molar-refractivity contribution in [2.45, 2.75) is 0 Å². The first-order valence-electron chi connectivity index (χ1n) is 6.77. The van der Waals surface area contributed by atoms with Gasteiger partial charge in [-0.2, -0.15) is 0 Å². The molecule has 120 valence electrons. The van der Waals surface area contributed by atoms with Gasteiger partial charge in [0.25, 0.3) is 0 Å². The van der Waals surface area contributed by atoms with Crippen molar-refractivity contribution in [2.75, 3.05) is 24.2 Å². The predicted molar refractivity (Wildman–Crippen MR) is 83.1 cm³/mol. The highest BCUT2D eigenvalue weighted by Crippen LogP contribution is 2.10. The van der Waals surface area contributed by atoms with Gasteiger partial charge in [0.05, 0.1) is 0 Å². The van der Waals surface area contributed by atoms with Crippen LogP contribution in [0.4, 0.5) is 25.0 Å². The van der Waals surface area contributed by atoms with Crippen molar-refractivity contribution in [3.63, 3.8) is 0 Å². The Morgan fingerprint density at radius 1 is 0.870 bits per heavy atom. The molecule has 7 heteroatoms. The summed E-state index contributed by atoms with van der Waals surface area (Å²) in [6.45, 7) is -0.190. The summed E-state index contributed by atoms with van der Waals surface area (Å²) in [6, 6.07) is 10.1. The average Bonchev–Trinajstić information content (AvgIpc) is 2.51. The molecule has 0 aliphatic rings. The molecule has 2 aromatic rings. The second-order valence-corrected chi connectivity index (χ2v) is 4.85. The molecule has 0 fully saturated rings. The van der Waals surface area contributed by atoms with Gasteiger partial charge >= 0.3 is 6.03 Å². The molecule has 3 amide bonds. The Morgan fingerprint density at radius 3 is 1.78 bits per heavy atom. The van der Waals surface area contributed by atoms with Gasteiger partial charge in [-0.15, -0.1) is 0 Å². The number of anilines is 2.